The third-order valence-electron chi connectivity index (χ3n) is 2.00. The van der Waals surface area contributed by atoms with Crippen molar-refractivity contribution in [3.63, 3.8) is 0 Å². The molecule has 0 aromatic heterocycles. The van der Waals surface area contributed by atoms with Gasteiger partial charge >= 0.3 is 0 Å². The van der Waals surface area contributed by atoms with Crippen LogP contribution in [-0.4, -0.2) is 22.6 Å². The average molecular weight is 318 g/mol. The Kier molecular flexibility index (Phi) is 5.04. The first-order valence-corrected chi connectivity index (χ1v) is 7.04. The summed E-state index contributed by atoms with van der Waals surface area (Å²) in [5.41, 5.74) is 0.885. The van der Waals surface area contributed by atoms with Gasteiger partial charge in [-0.2, -0.15) is 0 Å². The number of benzene rings is 1. The smallest absolute Gasteiger partial charge is 0.144 e. The van der Waals surface area contributed by atoms with Gasteiger partial charge < -0.3 is 9.29 Å². The number of methoxy groups -OCH3 is 1. The van der Waals surface area contributed by atoms with Crippen LogP contribution in [0.4, 0.5) is 0 Å². The molecule has 1 rings (SSSR count). The molecule has 0 fully saturated rings. The molecular weight excluding hydrogens is 302 g/mol. The molecule has 0 bridgehead atoms. The quantitative estimate of drug-likeness (QED) is 0.634. The van der Waals surface area contributed by atoms with Gasteiger partial charge in [-0.05, 0) is 60.5 Å². The zero-order chi connectivity index (χ0) is 13.1. The molecule has 0 amide bonds. The number of hydrogen-bond acceptors (Lipinski definition) is 3. The second-order valence-electron chi connectivity index (χ2n) is 4.49. The normalized spacial score (nSPS) is 14.0. The van der Waals surface area contributed by atoms with Gasteiger partial charge in [0.2, 0.25) is 0 Å². The van der Waals surface area contributed by atoms with E-state index < -0.39 is 11.4 Å². The van der Waals surface area contributed by atoms with Crippen LogP contribution in [0, 0.1) is 0 Å². The second kappa shape index (κ2) is 5.89. The van der Waals surface area contributed by atoms with Gasteiger partial charge in [-0.15, -0.1) is 0 Å². The van der Waals surface area contributed by atoms with Crippen LogP contribution in [0.1, 0.15) is 26.3 Å². The van der Waals surface area contributed by atoms with Crippen LogP contribution in [0.3, 0.4) is 0 Å². The first kappa shape index (κ1) is 14.5. The van der Waals surface area contributed by atoms with Crippen molar-refractivity contribution in [1.82, 2.24) is 0 Å². The van der Waals surface area contributed by atoms with Gasteiger partial charge in [0.05, 0.1) is 17.8 Å². The molecule has 3 nitrogen and oxygen atoms in total. The van der Waals surface area contributed by atoms with Crippen molar-refractivity contribution in [1.29, 1.82) is 0 Å². The Morgan fingerprint density at radius 1 is 1.41 bits per heavy atom. The van der Waals surface area contributed by atoms with Crippen LogP contribution >= 0.6 is 15.9 Å². The average Bonchev–Trinajstić information content (AvgIpc) is 2.24. The number of ether oxygens (including phenoxy) is 1. The van der Waals surface area contributed by atoms with E-state index in [1.54, 1.807) is 13.3 Å². The van der Waals surface area contributed by atoms with E-state index in [4.69, 9.17) is 4.74 Å². The van der Waals surface area contributed by atoms with Gasteiger partial charge in [0.25, 0.3) is 0 Å². The highest BCUT2D eigenvalue weighted by molar-refractivity contribution is 9.10. The Labute approximate surface area is 114 Å². The predicted molar refractivity (Wildman–Crippen MR) is 76.2 cm³/mol. The maximum absolute atomic E-state index is 11.7. The minimum absolute atomic E-state index is 0.333. The molecule has 1 atom stereocenters. The fourth-order valence-electron chi connectivity index (χ4n) is 1.03. The molecule has 17 heavy (non-hydrogen) atoms. The second-order valence-corrected chi connectivity index (χ2v) is 7.28. The lowest BCUT2D eigenvalue weighted by atomic mass is 10.2. The van der Waals surface area contributed by atoms with Gasteiger partial charge in [0.1, 0.15) is 21.9 Å². The lowest BCUT2D eigenvalue weighted by molar-refractivity contribution is 0.412. The molecule has 0 saturated heterocycles. The van der Waals surface area contributed by atoms with Crippen LogP contribution in [0.15, 0.2) is 27.1 Å². The molecule has 0 saturated carbocycles. The minimum atomic E-state index is -1.23. The van der Waals surface area contributed by atoms with E-state index >= 15 is 0 Å². The molecule has 0 radical (unpaired) electrons. The third kappa shape index (κ3) is 4.33. The van der Waals surface area contributed by atoms with Crippen molar-refractivity contribution in [2.75, 3.05) is 7.11 Å². The highest BCUT2D eigenvalue weighted by Crippen LogP contribution is 2.25. The van der Waals surface area contributed by atoms with Crippen LogP contribution < -0.4 is 4.74 Å². The van der Waals surface area contributed by atoms with Crippen LogP contribution in [0.5, 0.6) is 5.75 Å². The maximum atomic E-state index is 11.7. The fraction of sp³-hybridized carbons (Fsp3) is 0.417. The molecule has 0 aliphatic rings. The van der Waals surface area contributed by atoms with Crippen LogP contribution in [0.25, 0.3) is 0 Å². The van der Waals surface area contributed by atoms with E-state index in [-0.39, 0.29) is 4.75 Å². The predicted octanol–water partition coefficient (Wildman–Crippen LogP) is 3.34. The molecule has 0 aliphatic carbocycles. The summed E-state index contributed by atoms with van der Waals surface area (Å²) in [5.74, 6) is 0.763. The first-order valence-electron chi connectivity index (χ1n) is 5.14. The molecule has 0 aliphatic heterocycles. The number of hydrogen-bond donors (Lipinski definition) is 0. The van der Waals surface area contributed by atoms with Gasteiger partial charge in [-0.1, -0.05) is 4.40 Å². The summed E-state index contributed by atoms with van der Waals surface area (Å²) >= 11 is 2.16. The van der Waals surface area contributed by atoms with E-state index in [9.17, 15) is 4.55 Å². The molecule has 1 aromatic carbocycles. The van der Waals surface area contributed by atoms with Crippen LogP contribution in [-0.2, 0) is 11.4 Å². The van der Waals surface area contributed by atoms with E-state index in [1.807, 2.05) is 39.0 Å². The minimum Gasteiger partial charge on any atom is -0.591 e. The first-order chi connectivity index (χ1) is 7.84. The van der Waals surface area contributed by atoms with Crippen molar-refractivity contribution in [3.05, 3.63) is 28.2 Å². The Hall–Kier alpha value is -0.520. The molecule has 1 unspecified atom stereocenters. The Morgan fingerprint density at radius 2 is 2.06 bits per heavy atom. The Morgan fingerprint density at radius 3 is 2.53 bits per heavy atom. The summed E-state index contributed by atoms with van der Waals surface area (Å²) < 4.78 is 21.4. The largest absolute Gasteiger partial charge is 0.591 e. The van der Waals surface area contributed by atoms with Gasteiger partial charge in [0.15, 0.2) is 0 Å². The van der Waals surface area contributed by atoms with E-state index in [0.717, 1.165) is 15.8 Å². The van der Waals surface area contributed by atoms with Gasteiger partial charge in [-0.3, -0.25) is 0 Å². The molecule has 0 spiro atoms. The third-order valence-corrected chi connectivity index (χ3v) is 3.96. The molecule has 94 valence electrons. The van der Waals surface area contributed by atoms with E-state index in [0.29, 0.717) is 0 Å². The molecule has 0 heterocycles. The summed E-state index contributed by atoms with van der Waals surface area (Å²) in [6.07, 6.45) is 1.62. The van der Waals surface area contributed by atoms with Crippen LogP contribution in [0.2, 0.25) is 0 Å². The van der Waals surface area contributed by atoms with Gasteiger partial charge in [-0.25, -0.2) is 0 Å². The Balaban J connectivity index is 2.82. The zero-order valence-corrected chi connectivity index (χ0v) is 12.8. The Bertz CT molecular complexity index is 415. The fourth-order valence-corrected chi connectivity index (χ4v) is 2.12. The molecule has 5 heteroatoms. The zero-order valence-electron chi connectivity index (χ0n) is 10.4. The molecule has 1 aromatic rings. The summed E-state index contributed by atoms with van der Waals surface area (Å²) in [7, 11) is 1.61. The SMILES string of the molecule is COc1ccc(C=N[S+]([O-])C(C)(C)C)cc1Br. The highest BCUT2D eigenvalue weighted by Gasteiger charge is 2.25. The number of rotatable bonds is 3. The topological polar surface area (TPSA) is 44.6 Å². The van der Waals surface area contributed by atoms with Crippen molar-refractivity contribution in [2.45, 2.75) is 25.5 Å². The summed E-state index contributed by atoms with van der Waals surface area (Å²) in [4.78, 5) is 0. The van der Waals surface area contributed by atoms with Crippen molar-refractivity contribution in [3.8, 4) is 5.75 Å². The lowest BCUT2D eigenvalue weighted by Crippen LogP contribution is -2.25. The highest BCUT2D eigenvalue weighted by atomic mass is 79.9. The monoisotopic (exact) mass is 317 g/mol. The summed E-state index contributed by atoms with van der Waals surface area (Å²) in [6, 6.07) is 5.58. The van der Waals surface area contributed by atoms with E-state index in [2.05, 4.69) is 20.3 Å². The summed E-state index contributed by atoms with van der Waals surface area (Å²) in [5, 5.41) is 0. The standard InChI is InChI=1S/C12H16BrNO2S/c1-12(2,3)17(15)14-8-9-5-6-11(16-4)10(13)7-9/h5-8H,1-4H3. The number of nitrogens with zero attached hydrogens (tertiary/aromatic N) is 1. The van der Waals surface area contributed by atoms with Gasteiger partial charge in [0, 0.05) is 0 Å². The summed E-state index contributed by atoms with van der Waals surface area (Å²) in [6.45, 7) is 5.68. The van der Waals surface area contributed by atoms with E-state index in [1.165, 1.54) is 0 Å². The molecule has 0 N–H and O–H groups in total. The maximum Gasteiger partial charge on any atom is 0.144 e. The number of halogens is 1. The lowest BCUT2D eigenvalue weighted by Gasteiger charge is -2.17. The van der Waals surface area contributed by atoms with Crippen molar-refractivity contribution >= 4 is 33.5 Å². The van der Waals surface area contributed by atoms with Crippen molar-refractivity contribution < 1.29 is 9.29 Å². The van der Waals surface area contributed by atoms with Crippen molar-refractivity contribution in [2.24, 2.45) is 4.40 Å². The molecular formula is C12H16BrNO2S.